The highest BCUT2D eigenvalue weighted by molar-refractivity contribution is 5.69. The van der Waals surface area contributed by atoms with Gasteiger partial charge in [0.25, 0.3) is 0 Å². The van der Waals surface area contributed by atoms with Gasteiger partial charge in [0.2, 0.25) is 6.29 Å². The van der Waals surface area contributed by atoms with Gasteiger partial charge in [-0.1, -0.05) is 58.3 Å². The van der Waals surface area contributed by atoms with Gasteiger partial charge < -0.3 is 29.9 Å². The summed E-state index contributed by atoms with van der Waals surface area (Å²) in [5.74, 6) is -0.521. The zero-order chi connectivity index (χ0) is 18.7. The molecule has 1 aliphatic rings. The second kappa shape index (κ2) is 12.6. The van der Waals surface area contributed by atoms with Gasteiger partial charge in [-0.05, 0) is 6.42 Å². The molecule has 0 saturated carbocycles. The number of esters is 1. The van der Waals surface area contributed by atoms with Crippen LogP contribution in [0.25, 0.3) is 0 Å². The maximum Gasteiger partial charge on any atom is 0.308 e. The van der Waals surface area contributed by atoms with Crippen molar-refractivity contribution in [2.45, 2.75) is 102 Å². The van der Waals surface area contributed by atoms with Crippen molar-refractivity contribution in [3.05, 3.63) is 0 Å². The Morgan fingerprint density at radius 2 is 1.44 bits per heavy atom. The van der Waals surface area contributed by atoms with E-state index in [1.165, 1.54) is 38.5 Å². The van der Waals surface area contributed by atoms with Gasteiger partial charge in [-0.15, -0.1) is 0 Å². The quantitative estimate of drug-likeness (QED) is 0.305. The lowest BCUT2D eigenvalue weighted by molar-refractivity contribution is -0.292. The molecule has 1 rings (SSSR count). The minimum absolute atomic E-state index is 0.213. The van der Waals surface area contributed by atoms with E-state index < -0.39 is 43.3 Å². The molecule has 25 heavy (non-hydrogen) atoms. The number of hydrogen-bond acceptors (Lipinski definition) is 7. The predicted octanol–water partition coefficient (Wildman–Crippen LogP) is 1.25. The molecule has 1 heterocycles. The molecule has 148 valence electrons. The summed E-state index contributed by atoms with van der Waals surface area (Å²) in [7, 11) is 0. The van der Waals surface area contributed by atoms with Crippen molar-refractivity contribution < 1.29 is 34.7 Å². The molecule has 0 aliphatic carbocycles. The summed E-state index contributed by atoms with van der Waals surface area (Å²) < 4.78 is 10.2. The molecule has 0 spiro atoms. The molecule has 1 fully saturated rings. The van der Waals surface area contributed by atoms with Crippen LogP contribution in [0.5, 0.6) is 0 Å². The van der Waals surface area contributed by atoms with Crippen LogP contribution in [0.15, 0.2) is 0 Å². The fourth-order valence-corrected chi connectivity index (χ4v) is 2.93. The van der Waals surface area contributed by atoms with E-state index >= 15 is 0 Å². The van der Waals surface area contributed by atoms with Crippen molar-refractivity contribution in [3.63, 3.8) is 0 Å². The molecule has 0 bridgehead atoms. The first-order chi connectivity index (χ1) is 12.0. The summed E-state index contributed by atoms with van der Waals surface area (Å²) in [6, 6.07) is 0. The van der Waals surface area contributed by atoms with E-state index in [9.17, 15) is 20.1 Å². The van der Waals surface area contributed by atoms with Crippen LogP contribution in [0.2, 0.25) is 0 Å². The van der Waals surface area contributed by atoms with Crippen molar-refractivity contribution in [1.82, 2.24) is 0 Å². The highest BCUT2D eigenvalue weighted by Gasteiger charge is 2.45. The van der Waals surface area contributed by atoms with Crippen LogP contribution < -0.4 is 0 Å². The first kappa shape index (κ1) is 22.3. The van der Waals surface area contributed by atoms with Crippen LogP contribution in [0, 0.1) is 0 Å². The molecule has 5 atom stereocenters. The summed E-state index contributed by atoms with van der Waals surface area (Å²) in [6.45, 7) is 1.65. The molecular weight excluding hydrogens is 328 g/mol. The van der Waals surface area contributed by atoms with Crippen molar-refractivity contribution in [3.8, 4) is 0 Å². The van der Waals surface area contributed by atoms with Crippen LogP contribution in [-0.2, 0) is 14.3 Å². The molecular formula is C18H34O7. The minimum Gasteiger partial charge on any atom is -0.433 e. The first-order valence-electron chi connectivity index (χ1n) is 9.51. The van der Waals surface area contributed by atoms with Gasteiger partial charge in [-0.2, -0.15) is 0 Å². The summed E-state index contributed by atoms with van der Waals surface area (Å²) >= 11 is 0. The van der Waals surface area contributed by atoms with Crippen molar-refractivity contribution in [1.29, 1.82) is 0 Å². The normalized spacial score (nSPS) is 29.6. The summed E-state index contributed by atoms with van der Waals surface area (Å²) in [5.41, 5.74) is 0. The summed E-state index contributed by atoms with van der Waals surface area (Å²) in [4.78, 5) is 11.8. The van der Waals surface area contributed by atoms with Crippen molar-refractivity contribution in [2.24, 2.45) is 0 Å². The second-order valence-corrected chi connectivity index (χ2v) is 6.77. The molecule has 1 aliphatic heterocycles. The third-order valence-electron chi connectivity index (χ3n) is 4.58. The topological polar surface area (TPSA) is 116 Å². The molecule has 0 aromatic carbocycles. The Kier molecular flexibility index (Phi) is 11.2. The zero-order valence-corrected chi connectivity index (χ0v) is 15.2. The highest BCUT2D eigenvalue weighted by atomic mass is 16.7. The SMILES string of the molecule is CCCCCCCCCCCC(=O)OC1O[C@H](CO)[C@@H](O)[C@H](O)[C@H]1O. The lowest BCUT2D eigenvalue weighted by Gasteiger charge is -2.39. The lowest BCUT2D eigenvalue weighted by Crippen LogP contribution is -2.59. The Morgan fingerprint density at radius 3 is 2.00 bits per heavy atom. The van der Waals surface area contributed by atoms with Gasteiger partial charge >= 0.3 is 5.97 Å². The van der Waals surface area contributed by atoms with Crippen LogP contribution in [0.1, 0.15) is 71.1 Å². The van der Waals surface area contributed by atoms with E-state index in [-0.39, 0.29) is 6.42 Å². The second-order valence-electron chi connectivity index (χ2n) is 6.77. The Bertz CT molecular complexity index is 361. The Labute approximate surface area is 150 Å². The van der Waals surface area contributed by atoms with Gasteiger partial charge in [-0.25, -0.2) is 0 Å². The van der Waals surface area contributed by atoms with Crippen LogP contribution in [-0.4, -0.2) is 63.7 Å². The number of rotatable bonds is 12. The molecule has 0 radical (unpaired) electrons. The molecule has 7 heteroatoms. The molecule has 1 saturated heterocycles. The predicted molar refractivity (Wildman–Crippen MR) is 91.7 cm³/mol. The van der Waals surface area contributed by atoms with E-state index in [2.05, 4.69) is 6.92 Å². The van der Waals surface area contributed by atoms with E-state index in [4.69, 9.17) is 14.6 Å². The summed E-state index contributed by atoms with van der Waals surface area (Å²) in [6.07, 6.45) is 3.49. The third-order valence-corrected chi connectivity index (χ3v) is 4.58. The van der Waals surface area contributed by atoms with E-state index in [0.717, 1.165) is 12.8 Å². The van der Waals surface area contributed by atoms with Crippen molar-refractivity contribution in [2.75, 3.05) is 6.61 Å². The van der Waals surface area contributed by atoms with E-state index in [0.29, 0.717) is 6.42 Å². The first-order valence-corrected chi connectivity index (χ1v) is 9.51. The summed E-state index contributed by atoms with van der Waals surface area (Å²) in [5, 5.41) is 38.2. The fourth-order valence-electron chi connectivity index (χ4n) is 2.93. The smallest absolute Gasteiger partial charge is 0.308 e. The molecule has 1 unspecified atom stereocenters. The van der Waals surface area contributed by atoms with Crippen LogP contribution in [0.3, 0.4) is 0 Å². The van der Waals surface area contributed by atoms with Gasteiger partial charge in [0.15, 0.2) is 0 Å². The number of carbonyl (C=O) groups excluding carboxylic acids is 1. The highest BCUT2D eigenvalue weighted by Crippen LogP contribution is 2.22. The van der Waals surface area contributed by atoms with Crippen molar-refractivity contribution >= 4 is 5.97 Å². The number of carbonyl (C=O) groups is 1. The number of hydrogen-bond donors (Lipinski definition) is 4. The Hall–Kier alpha value is -0.730. The van der Waals surface area contributed by atoms with E-state index in [1.807, 2.05) is 0 Å². The molecule has 0 aromatic heterocycles. The average molecular weight is 362 g/mol. The molecule has 0 amide bonds. The van der Waals surface area contributed by atoms with Gasteiger partial charge in [-0.3, -0.25) is 4.79 Å². The average Bonchev–Trinajstić information content (AvgIpc) is 2.60. The maximum atomic E-state index is 11.8. The molecule has 7 nitrogen and oxygen atoms in total. The monoisotopic (exact) mass is 362 g/mol. The van der Waals surface area contributed by atoms with Crippen LogP contribution >= 0.6 is 0 Å². The van der Waals surface area contributed by atoms with Gasteiger partial charge in [0, 0.05) is 6.42 Å². The molecule has 0 aromatic rings. The van der Waals surface area contributed by atoms with Crippen LogP contribution in [0.4, 0.5) is 0 Å². The number of aliphatic hydroxyl groups excluding tert-OH is 4. The number of ether oxygens (including phenoxy) is 2. The molecule has 4 N–H and O–H groups in total. The maximum absolute atomic E-state index is 11.8. The Morgan fingerprint density at radius 1 is 0.880 bits per heavy atom. The lowest BCUT2D eigenvalue weighted by atomic mass is 9.99. The minimum atomic E-state index is -1.54. The third kappa shape index (κ3) is 8.00. The van der Waals surface area contributed by atoms with E-state index in [1.54, 1.807) is 0 Å². The fraction of sp³-hybridized carbons (Fsp3) is 0.944. The zero-order valence-electron chi connectivity index (χ0n) is 15.2. The Balaban J connectivity index is 2.15. The number of unbranched alkanes of at least 4 members (excludes halogenated alkanes) is 8. The standard InChI is InChI=1S/C18H34O7/c1-2-3-4-5-6-7-8-9-10-11-14(20)25-18-17(23)16(22)15(21)13(12-19)24-18/h13,15-19,21-23H,2-12H2,1H3/t13-,15-,16+,17-,18?/m1/s1. The number of aliphatic hydroxyl groups is 4. The largest absolute Gasteiger partial charge is 0.433 e. The van der Waals surface area contributed by atoms with Gasteiger partial charge in [0.1, 0.15) is 24.4 Å². The van der Waals surface area contributed by atoms with Gasteiger partial charge in [0.05, 0.1) is 6.61 Å².